The molecule has 0 unspecified atom stereocenters. The van der Waals surface area contributed by atoms with E-state index in [1.54, 1.807) is 12.1 Å². The van der Waals surface area contributed by atoms with Crippen molar-refractivity contribution >= 4 is 34.3 Å². The average molecular weight is 322 g/mol. The summed E-state index contributed by atoms with van der Waals surface area (Å²) in [4.78, 5) is 11.3. The third kappa shape index (κ3) is 3.65. The van der Waals surface area contributed by atoms with Crippen LogP contribution in [-0.4, -0.2) is 12.1 Å². The van der Waals surface area contributed by atoms with E-state index in [-0.39, 0.29) is 17.9 Å². The van der Waals surface area contributed by atoms with E-state index in [9.17, 15) is 9.18 Å². The first-order valence-corrected chi connectivity index (χ1v) is 5.60. The van der Waals surface area contributed by atoms with Gasteiger partial charge in [-0.05, 0) is 48.6 Å². The maximum absolute atomic E-state index is 13.1. The van der Waals surface area contributed by atoms with Crippen LogP contribution < -0.4 is 10.6 Å². The highest BCUT2D eigenvalue weighted by molar-refractivity contribution is 14.1. The highest BCUT2D eigenvalue weighted by Crippen LogP contribution is 2.20. The third-order valence-corrected chi connectivity index (χ3v) is 2.72. The van der Waals surface area contributed by atoms with E-state index in [0.717, 1.165) is 0 Å². The largest absolute Gasteiger partial charge is 0.336 e. The van der Waals surface area contributed by atoms with Crippen molar-refractivity contribution < 1.29 is 9.18 Å². The molecule has 0 fully saturated rings. The zero-order valence-corrected chi connectivity index (χ0v) is 10.6. The maximum Gasteiger partial charge on any atom is 0.319 e. The minimum Gasteiger partial charge on any atom is -0.336 e. The van der Waals surface area contributed by atoms with Crippen molar-refractivity contribution in [2.45, 2.75) is 19.9 Å². The van der Waals surface area contributed by atoms with Gasteiger partial charge in [-0.15, -0.1) is 0 Å². The molecule has 0 bridgehead atoms. The topological polar surface area (TPSA) is 41.1 Å². The van der Waals surface area contributed by atoms with E-state index in [4.69, 9.17) is 0 Å². The molecular formula is C10H12FIN2O. The quantitative estimate of drug-likeness (QED) is 0.808. The molecule has 0 aromatic heterocycles. The van der Waals surface area contributed by atoms with Gasteiger partial charge in [-0.2, -0.15) is 0 Å². The van der Waals surface area contributed by atoms with Crippen LogP contribution in [0.15, 0.2) is 18.2 Å². The smallest absolute Gasteiger partial charge is 0.319 e. The summed E-state index contributed by atoms with van der Waals surface area (Å²) in [6, 6.07) is 4.30. The maximum atomic E-state index is 13.1. The summed E-state index contributed by atoms with van der Waals surface area (Å²) >= 11 is 1.85. The number of hydrogen-bond acceptors (Lipinski definition) is 1. The van der Waals surface area contributed by atoms with Crippen molar-refractivity contribution in [3.8, 4) is 0 Å². The molecule has 0 saturated carbocycles. The molecule has 0 radical (unpaired) electrons. The fourth-order valence-electron chi connectivity index (χ4n) is 1.02. The Morgan fingerprint density at radius 2 is 2.13 bits per heavy atom. The summed E-state index contributed by atoms with van der Waals surface area (Å²) in [6.07, 6.45) is 0. The van der Waals surface area contributed by atoms with Gasteiger partial charge in [0.05, 0.1) is 9.26 Å². The Bertz CT molecular complexity index is 368. The van der Waals surface area contributed by atoms with Crippen LogP contribution in [0, 0.1) is 9.39 Å². The number of amides is 2. The standard InChI is InChI=1S/C10H12FIN2O/c1-6(2)13-10(15)14-8-5-3-4-7(11)9(8)12/h3-6H,1-2H3,(H2,13,14,15). The Morgan fingerprint density at radius 1 is 1.47 bits per heavy atom. The van der Waals surface area contributed by atoms with Gasteiger partial charge in [0, 0.05) is 6.04 Å². The first-order valence-electron chi connectivity index (χ1n) is 4.52. The molecule has 0 heterocycles. The SMILES string of the molecule is CC(C)NC(=O)Nc1cccc(F)c1I. The van der Waals surface area contributed by atoms with Crippen molar-refractivity contribution in [2.75, 3.05) is 5.32 Å². The number of hydrogen-bond donors (Lipinski definition) is 2. The van der Waals surface area contributed by atoms with Gasteiger partial charge in [-0.25, -0.2) is 9.18 Å². The molecule has 1 aromatic carbocycles. The van der Waals surface area contributed by atoms with Crippen LogP contribution in [0.5, 0.6) is 0 Å². The van der Waals surface area contributed by atoms with Crippen LogP contribution in [0.2, 0.25) is 0 Å². The molecule has 0 spiro atoms. The van der Waals surface area contributed by atoms with Crippen LogP contribution in [0.4, 0.5) is 14.9 Å². The predicted octanol–water partition coefficient (Wildman–Crippen LogP) is 2.96. The number of carbonyl (C=O) groups is 1. The molecule has 82 valence electrons. The average Bonchev–Trinajstić information content (AvgIpc) is 2.11. The van der Waals surface area contributed by atoms with Gasteiger partial charge >= 0.3 is 6.03 Å². The van der Waals surface area contributed by atoms with Crippen molar-refractivity contribution in [3.63, 3.8) is 0 Å². The molecule has 3 nitrogen and oxygen atoms in total. The predicted molar refractivity (Wildman–Crippen MR) is 66.4 cm³/mol. The number of carbonyl (C=O) groups excluding carboxylic acids is 1. The van der Waals surface area contributed by atoms with E-state index in [2.05, 4.69) is 10.6 Å². The lowest BCUT2D eigenvalue weighted by Gasteiger charge is -2.11. The van der Waals surface area contributed by atoms with Crippen LogP contribution in [0.1, 0.15) is 13.8 Å². The molecule has 0 aliphatic heterocycles. The van der Waals surface area contributed by atoms with Crippen LogP contribution >= 0.6 is 22.6 Å². The van der Waals surface area contributed by atoms with Crippen molar-refractivity contribution in [3.05, 3.63) is 27.6 Å². The summed E-state index contributed by atoms with van der Waals surface area (Å²) in [5, 5.41) is 5.25. The van der Waals surface area contributed by atoms with Crippen LogP contribution in [-0.2, 0) is 0 Å². The Kier molecular flexibility index (Phi) is 4.31. The molecule has 0 atom stereocenters. The number of urea groups is 1. The van der Waals surface area contributed by atoms with Gasteiger partial charge in [0.25, 0.3) is 0 Å². The summed E-state index contributed by atoms with van der Waals surface area (Å²) in [7, 11) is 0. The minimum absolute atomic E-state index is 0.0521. The molecule has 0 aliphatic carbocycles. The lowest BCUT2D eigenvalue weighted by molar-refractivity contribution is 0.250. The molecule has 0 aliphatic rings. The molecular weight excluding hydrogens is 310 g/mol. The molecule has 0 saturated heterocycles. The first kappa shape index (κ1) is 12.2. The Hall–Kier alpha value is -0.850. The number of nitrogens with one attached hydrogen (secondary N) is 2. The number of anilines is 1. The second-order valence-electron chi connectivity index (χ2n) is 3.35. The Labute approximate surface area is 102 Å². The summed E-state index contributed by atoms with van der Waals surface area (Å²) in [5.41, 5.74) is 0.480. The van der Waals surface area contributed by atoms with Gasteiger partial charge in [0.15, 0.2) is 0 Å². The monoisotopic (exact) mass is 322 g/mol. The molecule has 1 aromatic rings. The van der Waals surface area contributed by atoms with Crippen molar-refractivity contribution in [1.82, 2.24) is 5.32 Å². The van der Waals surface area contributed by atoms with E-state index in [1.165, 1.54) is 6.07 Å². The second kappa shape index (κ2) is 5.29. The number of benzene rings is 1. The zero-order chi connectivity index (χ0) is 11.4. The van der Waals surface area contributed by atoms with Gasteiger partial charge in [0.2, 0.25) is 0 Å². The van der Waals surface area contributed by atoms with Gasteiger partial charge in [-0.1, -0.05) is 6.07 Å². The van der Waals surface area contributed by atoms with Crippen LogP contribution in [0.25, 0.3) is 0 Å². The van der Waals surface area contributed by atoms with E-state index in [0.29, 0.717) is 9.26 Å². The van der Waals surface area contributed by atoms with E-state index < -0.39 is 0 Å². The Morgan fingerprint density at radius 3 is 2.73 bits per heavy atom. The third-order valence-electron chi connectivity index (χ3n) is 1.62. The normalized spacial score (nSPS) is 10.2. The molecule has 2 amide bonds. The second-order valence-corrected chi connectivity index (χ2v) is 4.43. The summed E-state index contributed by atoms with van der Waals surface area (Å²) in [6.45, 7) is 3.71. The number of halogens is 2. The molecule has 2 N–H and O–H groups in total. The molecule has 5 heteroatoms. The fourth-order valence-corrected chi connectivity index (χ4v) is 1.52. The van der Waals surface area contributed by atoms with Crippen molar-refractivity contribution in [2.24, 2.45) is 0 Å². The highest BCUT2D eigenvalue weighted by Gasteiger charge is 2.08. The fraction of sp³-hybridized carbons (Fsp3) is 0.300. The highest BCUT2D eigenvalue weighted by atomic mass is 127. The summed E-state index contributed by atoms with van der Waals surface area (Å²) in [5.74, 6) is -0.335. The Balaban J connectivity index is 2.73. The zero-order valence-electron chi connectivity index (χ0n) is 8.47. The van der Waals surface area contributed by atoms with E-state index in [1.807, 2.05) is 36.4 Å². The van der Waals surface area contributed by atoms with Gasteiger partial charge < -0.3 is 10.6 Å². The number of rotatable bonds is 2. The summed E-state index contributed by atoms with van der Waals surface area (Å²) < 4.78 is 13.5. The van der Waals surface area contributed by atoms with E-state index >= 15 is 0 Å². The minimum atomic E-state index is -0.335. The van der Waals surface area contributed by atoms with Gasteiger partial charge in [0.1, 0.15) is 5.82 Å². The van der Waals surface area contributed by atoms with Crippen LogP contribution in [0.3, 0.4) is 0 Å². The molecule has 15 heavy (non-hydrogen) atoms. The molecule has 1 rings (SSSR count). The first-order chi connectivity index (χ1) is 7.00. The lowest BCUT2D eigenvalue weighted by atomic mass is 10.3. The van der Waals surface area contributed by atoms with Gasteiger partial charge in [-0.3, -0.25) is 0 Å². The lowest BCUT2D eigenvalue weighted by Crippen LogP contribution is -2.34. The van der Waals surface area contributed by atoms with Crippen molar-refractivity contribution in [1.29, 1.82) is 0 Å².